The van der Waals surface area contributed by atoms with E-state index < -0.39 is 11.5 Å². The maximum absolute atomic E-state index is 12.7. The fourth-order valence-electron chi connectivity index (χ4n) is 3.36. The number of Topliss-reactive ketones (excluding diaryl/α,β-unsaturated/α-hetero) is 1. The molecule has 0 spiro atoms. The molecule has 1 fully saturated rings. The SMILES string of the molecule is CC(OC(=O)C1CCN(c2ncccn2)CC1)C(=O)c1ccc(NC(=O)C(C)(C)C)cc1. The number of esters is 1. The van der Waals surface area contributed by atoms with Crippen molar-refractivity contribution in [3.8, 4) is 0 Å². The van der Waals surface area contributed by atoms with Crippen molar-refractivity contribution in [2.24, 2.45) is 11.3 Å². The van der Waals surface area contributed by atoms with E-state index in [-0.39, 0.29) is 23.6 Å². The molecule has 1 atom stereocenters. The van der Waals surface area contributed by atoms with Gasteiger partial charge in [0, 0.05) is 42.1 Å². The van der Waals surface area contributed by atoms with E-state index in [2.05, 4.69) is 15.3 Å². The van der Waals surface area contributed by atoms with Gasteiger partial charge in [-0.3, -0.25) is 14.4 Å². The van der Waals surface area contributed by atoms with E-state index in [1.807, 2.05) is 25.7 Å². The molecule has 1 aliphatic rings. The lowest BCUT2D eigenvalue weighted by Gasteiger charge is -2.31. The number of hydrogen-bond acceptors (Lipinski definition) is 7. The zero-order chi connectivity index (χ0) is 23.3. The molecule has 1 unspecified atom stereocenters. The lowest BCUT2D eigenvalue weighted by atomic mass is 9.95. The third kappa shape index (κ3) is 5.90. The molecule has 170 valence electrons. The minimum Gasteiger partial charge on any atom is -0.454 e. The van der Waals surface area contributed by atoms with Gasteiger partial charge in [0.05, 0.1) is 5.92 Å². The first-order valence-corrected chi connectivity index (χ1v) is 10.8. The van der Waals surface area contributed by atoms with Crippen molar-refractivity contribution in [3.63, 3.8) is 0 Å². The first-order chi connectivity index (χ1) is 15.1. The summed E-state index contributed by atoms with van der Waals surface area (Å²) in [6.07, 6.45) is 3.76. The second-order valence-electron chi connectivity index (χ2n) is 9.03. The van der Waals surface area contributed by atoms with E-state index in [0.29, 0.717) is 43.1 Å². The van der Waals surface area contributed by atoms with Crippen LogP contribution < -0.4 is 10.2 Å². The first kappa shape index (κ1) is 23.4. The van der Waals surface area contributed by atoms with Gasteiger partial charge in [0.15, 0.2) is 6.10 Å². The molecule has 1 amide bonds. The van der Waals surface area contributed by atoms with Gasteiger partial charge < -0.3 is 15.0 Å². The van der Waals surface area contributed by atoms with Crippen LogP contribution in [-0.2, 0) is 14.3 Å². The van der Waals surface area contributed by atoms with Gasteiger partial charge in [-0.05, 0) is 50.1 Å². The number of anilines is 2. The zero-order valence-corrected chi connectivity index (χ0v) is 19.0. The second kappa shape index (κ2) is 9.89. The number of aromatic nitrogens is 2. The van der Waals surface area contributed by atoms with Gasteiger partial charge in [-0.15, -0.1) is 0 Å². The van der Waals surface area contributed by atoms with Gasteiger partial charge in [0.1, 0.15) is 0 Å². The maximum atomic E-state index is 12.7. The summed E-state index contributed by atoms with van der Waals surface area (Å²) < 4.78 is 5.48. The average molecular weight is 439 g/mol. The predicted molar refractivity (Wildman–Crippen MR) is 121 cm³/mol. The van der Waals surface area contributed by atoms with Gasteiger partial charge in [-0.1, -0.05) is 20.8 Å². The van der Waals surface area contributed by atoms with Crippen LogP contribution >= 0.6 is 0 Å². The van der Waals surface area contributed by atoms with E-state index in [4.69, 9.17) is 4.74 Å². The van der Waals surface area contributed by atoms with E-state index in [1.165, 1.54) is 0 Å². The number of nitrogens with zero attached hydrogens (tertiary/aromatic N) is 3. The molecule has 0 aliphatic carbocycles. The minimum absolute atomic E-state index is 0.108. The topological polar surface area (TPSA) is 101 Å². The largest absolute Gasteiger partial charge is 0.454 e. The first-order valence-electron chi connectivity index (χ1n) is 10.8. The zero-order valence-electron chi connectivity index (χ0n) is 19.0. The van der Waals surface area contributed by atoms with Gasteiger partial charge in [0.25, 0.3) is 0 Å². The average Bonchev–Trinajstić information content (AvgIpc) is 2.79. The Bertz CT molecular complexity index is 946. The molecule has 3 rings (SSSR count). The van der Waals surface area contributed by atoms with Crippen LogP contribution in [0.25, 0.3) is 0 Å². The van der Waals surface area contributed by atoms with Gasteiger partial charge in [-0.2, -0.15) is 0 Å². The third-order valence-corrected chi connectivity index (χ3v) is 5.43. The number of rotatable bonds is 6. The van der Waals surface area contributed by atoms with Crippen LogP contribution in [0.15, 0.2) is 42.7 Å². The summed E-state index contributed by atoms with van der Waals surface area (Å²) in [4.78, 5) is 47.9. The van der Waals surface area contributed by atoms with Crippen molar-refractivity contribution in [1.29, 1.82) is 0 Å². The number of benzene rings is 1. The summed E-state index contributed by atoms with van der Waals surface area (Å²) in [6, 6.07) is 8.37. The summed E-state index contributed by atoms with van der Waals surface area (Å²) in [5.74, 6) is -0.329. The molecule has 0 saturated carbocycles. The number of amides is 1. The molecule has 1 aromatic carbocycles. The molecule has 8 heteroatoms. The Balaban J connectivity index is 1.51. The van der Waals surface area contributed by atoms with Crippen LogP contribution in [0.4, 0.5) is 11.6 Å². The van der Waals surface area contributed by atoms with Crippen molar-refractivity contribution in [2.45, 2.75) is 46.6 Å². The van der Waals surface area contributed by atoms with Crippen molar-refractivity contribution >= 4 is 29.3 Å². The highest BCUT2D eigenvalue weighted by Crippen LogP contribution is 2.23. The summed E-state index contributed by atoms with van der Waals surface area (Å²) in [7, 11) is 0. The maximum Gasteiger partial charge on any atom is 0.309 e. The van der Waals surface area contributed by atoms with Crippen LogP contribution in [0.1, 0.15) is 50.9 Å². The minimum atomic E-state index is -0.881. The summed E-state index contributed by atoms with van der Waals surface area (Å²) in [5, 5.41) is 2.82. The normalized spacial score (nSPS) is 15.7. The number of ether oxygens (including phenoxy) is 1. The standard InChI is InChI=1S/C24H30N4O4/c1-16(20(29)17-6-8-19(9-7-17)27-22(31)24(2,3)4)32-21(30)18-10-14-28(15-11-18)23-25-12-5-13-26-23/h5-9,12-13,16,18H,10-11,14-15H2,1-4H3,(H,27,31). The molecule has 1 saturated heterocycles. The van der Waals surface area contributed by atoms with Crippen molar-refractivity contribution in [1.82, 2.24) is 9.97 Å². The predicted octanol–water partition coefficient (Wildman–Crippen LogP) is 3.49. The molecule has 0 radical (unpaired) electrons. The molecule has 8 nitrogen and oxygen atoms in total. The molecular weight excluding hydrogens is 408 g/mol. The number of carbonyl (C=O) groups excluding carboxylic acids is 3. The molecular formula is C24H30N4O4. The number of nitrogens with one attached hydrogen (secondary N) is 1. The Kier molecular flexibility index (Phi) is 7.22. The Hall–Kier alpha value is -3.29. The highest BCUT2D eigenvalue weighted by molar-refractivity contribution is 6.01. The highest BCUT2D eigenvalue weighted by atomic mass is 16.5. The number of ketones is 1. The molecule has 2 aromatic rings. The number of hydrogen-bond donors (Lipinski definition) is 1. The Labute approximate surface area is 188 Å². The molecule has 1 aromatic heterocycles. The smallest absolute Gasteiger partial charge is 0.309 e. The Morgan fingerprint density at radius 1 is 1.06 bits per heavy atom. The van der Waals surface area contributed by atoms with E-state index in [0.717, 1.165) is 0 Å². The summed E-state index contributed by atoms with van der Waals surface area (Å²) >= 11 is 0. The van der Waals surface area contributed by atoms with Crippen LogP contribution in [0.2, 0.25) is 0 Å². The molecule has 32 heavy (non-hydrogen) atoms. The summed E-state index contributed by atoms with van der Waals surface area (Å²) in [6.45, 7) is 8.39. The molecule has 1 N–H and O–H groups in total. The fourth-order valence-corrected chi connectivity index (χ4v) is 3.36. The Morgan fingerprint density at radius 2 is 1.66 bits per heavy atom. The van der Waals surface area contributed by atoms with E-state index in [1.54, 1.807) is 49.6 Å². The fraction of sp³-hybridized carbons (Fsp3) is 0.458. The molecule has 1 aliphatic heterocycles. The van der Waals surface area contributed by atoms with E-state index in [9.17, 15) is 14.4 Å². The second-order valence-corrected chi connectivity index (χ2v) is 9.03. The van der Waals surface area contributed by atoms with Crippen LogP contribution in [-0.4, -0.2) is 46.8 Å². The van der Waals surface area contributed by atoms with Crippen LogP contribution in [0.3, 0.4) is 0 Å². The lowest BCUT2D eigenvalue weighted by Crippen LogP contribution is -2.39. The lowest BCUT2D eigenvalue weighted by molar-refractivity contribution is -0.152. The highest BCUT2D eigenvalue weighted by Gasteiger charge is 2.30. The molecule has 0 bridgehead atoms. The Morgan fingerprint density at radius 3 is 2.22 bits per heavy atom. The van der Waals surface area contributed by atoms with Crippen molar-refractivity contribution < 1.29 is 19.1 Å². The van der Waals surface area contributed by atoms with Crippen molar-refractivity contribution in [3.05, 3.63) is 48.3 Å². The van der Waals surface area contributed by atoms with Crippen molar-refractivity contribution in [2.75, 3.05) is 23.3 Å². The summed E-state index contributed by atoms with van der Waals surface area (Å²) in [5.41, 5.74) is 0.525. The monoisotopic (exact) mass is 438 g/mol. The third-order valence-electron chi connectivity index (χ3n) is 5.43. The molecule has 2 heterocycles. The van der Waals surface area contributed by atoms with Gasteiger partial charge in [-0.25, -0.2) is 9.97 Å². The van der Waals surface area contributed by atoms with E-state index >= 15 is 0 Å². The van der Waals surface area contributed by atoms with Crippen LogP contribution in [0.5, 0.6) is 0 Å². The van der Waals surface area contributed by atoms with Gasteiger partial charge in [0.2, 0.25) is 17.6 Å². The quantitative estimate of drug-likeness (QED) is 0.544. The van der Waals surface area contributed by atoms with Gasteiger partial charge >= 0.3 is 5.97 Å². The van der Waals surface area contributed by atoms with Crippen LogP contribution in [0, 0.1) is 11.3 Å². The number of piperidine rings is 1. The number of carbonyl (C=O) groups is 3.